The number of halogens is 1. The van der Waals surface area contributed by atoms with Gasteiger partial charge in [-0.3, -0.25) is 9.59 Å². The summed E-state index contributed by atoms with van der Waals surface area (Å²) >= 11 is 6.44. The van der Waals surface area contributed by atoms with E-state index in [1.165, 1.54) is 0 Å². The summed E-state index contributed by atoms with van der Waals surface area (Å²) in [4.78, 5) is 28.4. The van der Waals surface area contributed by atoms with Crippen LogP contribution in [0.1, 0.15) is 62.7 Å². The Morgan fingerprint density at radius 1 is 1.20 bits per heavy atom. The number of benzene rings is 1. The zero-order chi connectivity index (χ0) is 31.3. The van der Waals surface area contributed by atoms with Crippen LogP contribution in [0.4, 0.5) is 5.69 Å². The summed E-state index contributed by atoms with van der Waals surface area (Å²) in [7, 11) is -2.39. The van der Waals surface area contributed by atoms with Gasteiger partial charge in [-0.15, -0.1) is 0 Å². The molecule has 6 rings (SSSR count). The van der Waals surface area contributed by atoms with E-state index in [1.54, 1.807) is 32.2 Å². The molecule has 0 radical (unpaired) electrons. The van der Waals surface area contributed by atoms with Gasteiger partial charge in [-0.2, -0.15) is 0 Å². The summed E-state index contributed by atoms with van der Waals surface area (Å²) in [5.41, 5.74) is -0.245. The molecule has 1 N–H and O–H groups in total. The topological polar surface area (TPSA) is 102 Å². The molecule has 8 atom stereocenters. The van der Waals surface area contributed by atoms with E-state index >= 15 is 0 Å². The number of carbonyl (C=O) groups is 2. The van der Waals surface area contributed by atoms with E-state index in [-0.39, 0.29) is 34.7 Å². The van der Waals surface area contributed by atoms with Crippen LogP contribution >= 0.6 is 11.6 Å². The number of fused-ring (bicyclic) bond motifs is 4. The normalized spacial score (nSPS) is 39.0. The lowest BCUT2D eigenvalue weighted by atomic mass is 9.60. The molecule has 1 spiro atoms. The number of sulfonamides is 1. The Morgan fingerprint density at radius 2 is 2.02 bits per heavy atom. The van der Waals surface area contributed by atoms with Crippen molar-refractivity contribution >= 4 is 39.5 Å². The fraction of sp³-hybridized carbons (Fsp3) is 0.588. The lowest BCUT2D eigenvalue weighted by Gasteiger charge is -2.50. The predicted molar refractivity (Wildman–Crippen MR) is 171 cm³/mol. The molecule has 1 aromatic rings. The van der Waals surface area contributed by atoms with Gasteiger partial charge in [-0.25, -0.2) is 13.1 Å². The first-order valence-electron chi connectivity index (χ1n) is 15.8. The second-order valence-corrected chi connectivity index (χ2v) is 16.1. The number of nitrogens with zero attached hydrogens (tertiary/aromatic N) is 1. The van der Waals surface area contributed by atoms with Crippen molar-refractivity contribution in [3.63, 3.8) is 0 Å². The lowest BCUT2D eigenvalue weighted by Crippen LogP contribution is -2.54. The summed E-state index contributed by atoms with van der Waals surface area (Å²) in [5, 5.41) is -0.0601. The van der Waals surface area contributed by atoms with E-state index in [0.29, 0.717) is 37.8 Å². The van der Waals surface area contributed by atoms with Gasteiger partial charge in [0.25, 0.3) is 5.91 Å². The molecular weight excluding hydrogens is 600 g/mol. The Hall–Kier alpha value is -2.62. The molecule has 0 aromatic heterocycles. The number of rotatable bonds is 2. The van der Waals surface area contributed by atoms with Gasteiger partial charge in [0, 0.05) is 42.1 Å². The maximum Gasteiger partial charge on any atom is 0.264 e. The average molecular weight is 643 g/mol. The van der Waals surface area contributed by atoms with Crippen LogP contribution in [-0.4, -0.2) is 58.3 Å². The van der Waals surface area contributed by atoms with Crippen LogP contribution in [0.25, 0.3) is 0 Å². The number of methoxy groups -OCH3 is 1. The van der Waals surface area contributed by atoms with E-state index in [1.807, 2.05) is 25.2 Å². The highest BCUT2D eigenvalue weighted by molar-refractivity contribution is 7.90. The van der Waals surface area contributed by atoms with Crippen molar-refractivity contribution in [2.75, 3.05) is 31.7 Å². The van der Waals surface area contributed by atoms with Crippen molar-refractivity contribution in [1.82, 2.24) is 4.72 Å². The van der Waals surface area contributed by atoms with Crippen molar-refractivity contribution in [2.45, 2.75) is 63.2 Å². The number of hydrogen-bond donors (Lipinski definition) is 1. The SMILES string of the molecule is CO[C@@]1(C=O)/C=C/C[C@H](C)[C@@H](C)S(=O)(=O)NC(=O)c2ccc3c(c2)N(C[C@@H]2CC[C@H]21)C[C@@]1(CCCC2C=C(Cl)C=CC21)CO3. The average Bonchev–Trinajstić information content (AvgIpc) is 3.14. The van der Waals surface area contributed by atoms with E-state index in [9.17, 15) is 18.0 Å². The van der Waals surface area contributed by atoms with E-state index < -0.39 is 26.8 Å². The summed E-state index contributed by atoms with van der Waals surface area (Å²) in [6.45, 7) is 5.32. The van der Waals surface area contributed by atoms with Gasteiger partial charge in [-0.05, 0) is 93.1 Å². The molecule has 10 heteroatoms. The third-order valence-corrected chi connectivity index (χ3v) is 13.4. The predicted octanol–water partition coefficient (Wildman–Crippen LogP) is 5.64. The molecule has 3 aliphatic carbocycles. The smallest absolute Gasteiger partial charge is 0.264 e. The number of anilines is 1. The molecule has 2 unspecified atom stereocenters. The van der Waals surface area contributed by atoms with Gasteiger partial charge in [0.15, 0.2) is 6.29 Å². The zero-order valence-corrected chi connectivity index (χ0v) is 27.3. The van der Waals surface area contributed by atoms with Gasteiger partial charge < -0.3 is 14.4 Å². The maximum atomic E-state index is 13.4. The molecule has 238 valence electrons. The number of nitrogens with one attached hydrogen (secondary N) is 1. The van der Waals surface area contributed by atoms with Crippen molar-refractivity contribution < 1.29 is 27.5 Å². The van der Waals surface area contributed by atoms with Crippen LogP contribution in [0.3, 0.4) is 0 Å². The Morgan fingerprint density at radius 3 is 2.75 bits per heavy atom. The first-order valence-corrected chi connectivity index (χ1v) is 17.8. The number of carbonyl (C=O) groups excluding carboxylic acids is 2. The number of amides is 1. The minimum atomic E-state index is -3.97. The fourth-order valence-corrected chi connectivity index (χ4v) is 9.70. The highest BCUT2D eigenvalue weighted by Crippen LogP contribution is 2.53. The van der Waals surface area contributed by atoms with E-state index in [4.69, 9.17) is 21.1 Å². The molecule has 2 aliphatic heterocycles. The Labute approximate surface area is 265 Å². The van der Waals surface area contributed by atoms with Crippen molar-refractivity contribution in [3.8, 4) is 5.75 Å². The highest BCUT2D eigenvalue weighted by atomic mass is 35.5. The Bertz CT molecular complexity index is 1510. The van der Waals surface area contributed by atoms with E-state index in [2.05, 4.69) is 21.8 Å². The van der Waals surface area contributed by atoms with Gasteiger partial charge in [0.05, 0.1) is 17.5 Å². The molecule has 2 saturated carbocycles. The maximum absolute atomic E-state index is 13.4. The third-order valence-electron chi connectivity index (χ3n) is 11.2. The fourth-order valence-electron chi connectivity index (χ4n) is 8.18. The molecule has 2 heterocycles. The van der Waals surface area contributed by atoms with Crippen molar-refractivity contribution in [3.05, 3.63) is 59.2 Å². The quantitative estimate of drug-likeness (QED) is 0.329. The number of aldehydes is 1. The molecule has 1 aromatic carbocycles. The molecule has 44 heavy (non-hydrogen) atoms. The lowest BCUT2D eigenvalue weighted by molar-refractivity contribution is -0.136. The standard InChI is InChI=1S/C34H43ClN2O6S/c1-22-6-4-15-34(20-38,42-3)29-11-8-26(29)18-37-19-33(14-5-7-24-16-27(35)10-12-28(24)33)21-43-31-13-9-25(17-30(31)37)32(39)36-44(40,41)23(22)2/h4,9-10,12-13,15-17,20,22-24,26,28-29H,5-8,11,14,18-19,21H2,1-3H3,(H,36,39)/b15-4+/t22-,23+,24?,26-,28?,29+,33-,34+/m0/s1. The van der Waals surface area contributed by atoms with Gasteiger partial charge in [0.2, 0.25) is 10.0 Å². The number of allylic oxidation sites excluding steroid dienone is 5. The van der Waals surface area contributed by atoms with Crippen LogP contribution in [0.5, 0.6) is 5.75 Å². The number of hydrogen-bond acceptors (Lipinski definition) is 7. The van der Waals surface area contributed by atoms with Crippen LogP contribution < -0.4 is 14.4 Å². The van der Waals surface area contributed by atoms with Crippen LogP contribution in [0.2, 0.25) is 0 Å². The minimum Gasteiger partial charge on any atom is -0.491 e. The molecule has 1 amide bonds. The van der Waals surface area contributed by atoms with Crippen LogP contribution in [0.15, 0.2) is 53.6 Å². The second-order valence-electron chi connectivity index (χ2n) is 13.6. The van der Waals surface area contributed by atoms with E-state index in [0.717, 1.165) is 49.1 Å². The zero-order valence-electron chi connectivity index (χ0n) is 25.7. The summed E-state index contributed by atoms with van der Waals surface area (Å²) in [6, 6.07) is 5.20. The molecule has 8 nitrogen and oxygen atoms in total. The van der Waals surface area contributed by atoms with Crippen molar-refractivity contribution in [2.24, 2.45) is 35.0 Å². The van der Waals surface area contributed by atoms with Crippen LogP contribution in [-0.2, 0) is 19.6 Å². The largest absolute Gasteiger partial charge is 0.491 e. The van der Waals surface area contributed by atoms with Gasteiger partial charge in [0.1, 0.15) is 11.4 Å². The summed E-state index contributed by atoms with van der Waals surface area (Å²) in [5.74, 6) is 0.436. The molecule has 2 fully saturated rings. The third kappa shape index (κ3) is 5.53. The van der Waals surface area contributed by atoms with Crippen molar-refractivity contribution in [1.29, 1.82) is 0 Å². The molecule has 5 aliphatic rings. The highest BCUT2D eigenvalue weighted by Gasteiger charge is 2.51. The summed E-state index contributed by atoms with van der Waals surface area (Å²) < 4.78 is 41.4. The second kappa shape index (κ2) is 12.0. The Balaban J connectivity index is 1.44. The Kier molecular flexibility index (Phi) is 8.52. The molecule has 2 bridgehead atoms. The first-order chi connectivity index (χ1) is 21.0. The monoisotopic (exact) mass is 642 g/mol. The van der Waals surface area contributed by atoms with Gasteiger partial charge in [-0.1, -0.05) is 43.2 Å². The summed E-state index contributed by atoms with van der Waals surface area (Å²) in [6.07, 6.45) is 16.4. The molecular formula is C34H43ClN2O6S. The van der Waals surface area contributed by atoms with Crippen LogP contribution in [0, 0.1) is 35.0 Å². The number of ether oxygens (including phenoxy) is 2. The van der Waals surface area contributed by atoms with Gasteiger partial charge >= 0.3 is 0 Å². The first kappa shape index (κ1) is 31.4. The molecule has 0 saturated heterocycles. The minimum absolute atomic E-state index is 0.0314.